The van der Waals surface area contributed by atoms with E-state index in [1.807, 2.05) is 18.2 Å². The molecule has 0 unspecified atom stereocenters. The van der Waals surface area contributed by atoms with Crippen LogP contribution in [0.1, 0.15) is 10.6 Å². The van der Waals surface area contributed by atoms with E-state index in [9.17, 15) is 13.2 Å². The van der Waals surface area contributed by atoms with Crippen LogP contribution in [-0.2, 0) is 10.0 Å². The summed E-state index contributed by atoms with van der Waals surface area (Å²) in [5, 5.41) is 3.53. The molecule has 4 rings (SSSR count). The van der Waals surface area contributed by atoms with Gasteiger partial charge in [0.1, 0.15) is 5.58 Å². The molecule has 140 valence electrons. The molecule has 28 heavy (non-hydrogen) atoms. The molecule has 1 amide bonds. The maximum atomic E-state index is 12.4. The van der Waals surface area contributed by atoms with Gasteiger partial charge in [-0.15, -0.1) is 0 Å². The molecule has 0 bridgehead atoms. The van der Waals surface area contributed by atoms with Gasteiger partial charge in [0.25, 0.3) is 15.9 Å². The zero-order valence-corrected chi connectivity index (χ0v) is 15.4. The van der Waals surface area contributed by atoms with Crippen molar-refractivity contribution < 1.29 is 17.6 Å². The second-order valence-electron chi connectivity index (χ2n) is 6.10. The van der Waals surface area contributed by atoms with Gasteiger partial charge in [0.15, 0.2) is 5.76 Å². The van der Waals surface area contributed by atoms with Crippen LogP contribution in [-0.4, -0.2) is 14.3 Å². The van der Waals surface area contributed by atoms with E-state index in [2.05, 4.69) is 10.0 Å². The summed E-state index contributed by atoms with van der Waals surface area (Å²) in [4.78, 5) is 12.5. The number of hydrogen-bond donors (Lipinski definition) is 2. The van der Waals surface area contributed by atoms with Gasteiger partial charge in [-0.3, -0.25) is 9.52 Å². The van der Waals surface area contributed by atoms with Gasteiger partial charge >= 0.3 is 0 Å². The van der Waals surface area contributed by atoms with Crippen molar-refractivity contribution in [1.82, 2.24) is 0 Å². The van der Waals surface area contributed by atoms with Crippen LogP contribution in [0, 0.1) is 0 Å². The Morgan fingerprint density at radius 1 is 0.786 bits per heavy atom. The van der Waals surface area contributed by atoms with E-state index in [0.29, 0.717) is 17.0 Å². The summed E-state index contributed by atoms with van der Waals surface area (Å²) in [5.41, 5.74) is 1.56. The lowest BCUT2D eigenvalue weighted by Gasteiger charge is -2.09. The number of benzene rings is 3. The Morgan fingerprint density at radius 3 is 2.18 bits per heavy atom. The zero-order valence-electron chi connectivity index (χ0n) is 14.6. The fraction of sp³-hybridized carbons (Fsp3) is 0. The molecule has 1 heterocycles. The third-order valence-corrected chi connectivity index (χ3v) is 5.50. The van der Waals surface area contributed by atoms with Crippen molar-refractivity contribution in [2.24, 2.45) is 0 Å². The number of furan rings is 1. The second kappa shape index (κ2) is 7.21. The number of rotatable bonds is 5. The van der Waals surface area contributed by atoms with Crippen LogP contribution in [0.5, 0.6) is 0 Å². The maximum absolute atomic E-state index is 12.4. The molecular formula is C21H16N2O4S. The molecule has 0 atom stereocenters. The number of amides is 1. The number of para-hydroxylation sites is 2. The topological polar surface area (TPSA) is 88.4 Å². The Labute approximate surface area is 161 Å². The number of nitrogens with one attached hydrogen (secondary N) is 2. The Balaban J connectivity index is 1.49. The highest BCUT2D eigenvalue weighted by Crippen LogP contribution is 2.21. The van der Waals surface area contributed by atoms with E-state index in [4.69, 9.17) is 4.42 Å². The van der Waals surface area contributed by atoms with Gasteiger partial charge in [-0.05, 0) is 48.5 Å². The maximum Gasteiger partial charge on any atom is 0.291 e. The number of carbonyl (C=O) groups excluding carboxylic acids is 1. The third kappa shape index (κ3) is 3.74. The number of anilines is 2. The lowest BCUT2D eigenvalue weighted by atomic mass is 10.2. The van der Waals surface area contributed by atoms with Crippen LogP contribution in [0.3, 0.4) is 0 Å². The third-order valence-electron chi connectivity index (χ3n) is 4.10. The molecule has 0 spiro atoms. The molecule has 0 radical (unpaired) electrons. The summed E-state index contributed by atoms with van der Waals surface area (Å²) in [6.45, 7) is 0. The van der Waals surface area contributed by atoms with Gasteiger partial charge < -0.3 is 9.73 Å². The molecular weight excluding hydrogens is 376 g/mol. The second-order valence-corrected chi connectivity index (χ2v) is 7.78. The van der Waals surface area contributed by atoms with Crippen LogP contribution in [0.2, 0.25) is 0 Å². The largest absolute Gasteiger partial charge is 0.451 e. The van der Waals surface area contributed by atoms with Crippen molar-refractivity contribution in [1.29, 1.82) is 0 Å². The van der Waals surface area contributed by atoms with Crippen molar-refractivity contribution in [2.45, 2.75) is 4.90 Å². The molecule has 0 aliphatic carbocycles. The van der Waals surface area contributed by atoms with Crippen molar-refractivity contribution in [3.05, 3.63) is 90.7 Å². The van der Waals surface area contributed by atoms with Crippen molar-refractivity contribution in [2.75, 3.05) is 10.0 Å². The van der Waals surface area contributed by atoms with Crippen LogP contribution in [0.25, 0.3) is 11.0 Å². The van der Waals surface area contributed by atoms with Gasteiger partial charge in [0, 0.05) is 16.8 Å². The summed E-state index contributed by atoms with van der Waals surface area (Å²) < 4.78 is 32.9. The van der Waals surface area contributed by atoms with E-state index in [-0.39, 0.29) is 10.7 Å². The average molecular weight is 392 g/mol. The average Bonchev–Trinajstić information content (AvgIpc) is 3.13. The van der Waals surface area contributed by atoms with E-state index in [0.717, 1.165) is 5.39 Å². The fourth-order valence-electron chi connectivity index (χ4n) is 2.72. The van der Waals surface area contributed by atoms with Crippen molar-refractivity contribution in [3.8, 4) is 0 Å². The first kappa shape index (κ1) is 17.8. The van der Waals surface area contributed by atoms with Gasteiger partial charge in [-0.2, -0.15) is 0 Å². The number of fused-ring (bicyclic) bond motifs is 1. The lowest BCUT2D eigenvalue weighted by Crippen LogP contribution is -2.14. The minimum Gasteiger partial charge on any atom is -0.451 e. The van der Waals surface area contributed by atoms with E-state index in [1.165, 1.54) is 24.3 Å². The number of sulfonamides is 1. The monoisotopic (exact) mass is 392 g/mol. The van der Waals surface area contributed by atoms with Gasteiger partial charge in [0.2, 0.25) is 0 Å². The molecule has 1 aromatic heterocycles. The zero-order chi connectivity index (χ0) is 19.6. The van der Waals surface area contributed by atoms with Crippen LogP contribution >= 0.6 is 0 Å². The standard InChI is InChI=1S/C21H16N2O4S/c24-21(20-14-15-6-4-5-9-19(15)27-20)22-16-10-12-18(13-11-16)28(25,26)23-17-7-2-1-3-8-17/h1-14,23H,(H,22,24). The summed E-state index contributed by atoms with van der Waals surface area (Å²) >= 11 is 0. The van der Waals surface area contributed by atoms with Gasteiger partial charge in [0.05, 0.1) is 4.90 Å². The highest BCUT2D eigenvalue weighted by molar-refractivity contribution is 7.92. The number of hydrogen-bond acceptors (Lipinski definition) is 4. The molecule has 3 aromatic carbocycles. The van der Waals surface area contributed by atoms with Crippen molar-refractivity contribution in [3.63, 3.8) is 0 Å². The van der Waals surface area contributed by atoms with Crippen LogP contribution < -0.4 is 10.0 Å². The van der Waals surface area contributed by atoms with E-state index < -0.39 is 15.9 Å². The molecule has 0 aliphatic heterocycles. The number of carbonyl (C=O) groups is 1. The summed E-state index contributed by atoms with van der Waals surface area (Å²) in [6.07, 6.45) is 0. The Hall–Kier alpha value is -3.58. The minimum atomic E-state index is -3.71. The normalized spacial score (nSPS) is 11.3. The molecule has 2 N–H and O–H groups in total. The quantitative estimate of drug-likeness (QED) is 0.524. The Morgan fingerprint density at radius 2 is 1.46 bits per heavy atom. The Kier molecular flexibility index (Phi) is 4.58. The van der Waals surface area contributed by atoms with Crippen LogP contribution in [0.4, 0.5) is 11.4 Å². The summed E-state index contributed by atoms with van der Waals surface area (Å²) in [6, 6.07) is 23.5. The molecule has 0 aliphatic rings. The first-order valence-corrected chi connectivity index (χ1v) is 9.97. The molecule has 0 saturated carbocycles. The summed E-state index contributed by atoms with van der Waals surface area (Å²) in [5.74, 6) is -0.224. The van der Waals surface area contributed by atoms with Gasteiger partial charge in [-0.25, -0.2) is 8.42 Å². The smallest absolute Gasteiger partial charge is 0.291 e. The van der Waals surface area contributed by atoms with E-state index >= 15 is 0 Å². The highest BCUT2D eigenvalue weighted by Gasteiger charge is 2.15. The molecule has 6 nitrogen and oxygen atoms in total. The highest BCUT2D eigenvalue weighted by atomic mass is 32.2. The molecule has 0 saturated heterocycles. The SMILES string of the molecule is O=C(Nc1ccc(S(=O)(=O)Nc2ccccc2)cc1)c1cc2ccccc2o1. The summed E-state index contributed by atoms with van der Waals surface area (Å²) in [7, 11) is -3.71. The predicted molar refractivity (Wildman–Crippen MR) is 108 cm³/mol. The first-order valence-electron chi connectivity index (χ1n) is 8.49. The van der Waals surface area contributed by atoms with Crippen LogP contribution in [0.15, 0.2) is 94.2 Å². The lowest BCUT2D eigenvalue weighted by molar-refractivity contribution is 0.0998. The first-order chi connectivity index (χ1) is 13.5. The molecule has 4 aromatic rings. The molecule has 0 fully saturated rings. The minimum absolute atomic E-state index is 0.0955. The Bertz CT molecular complexity index is 1200. The molecule has 7 heteroatoms. The predicted octanol–water partition coefficient (Wildman–Crippen LogP) is 4.49. The van der Waals surface area contributed by atoms with Gasteiger partial charge in [-0.1, -0.05) is 36.4 Å². The van der Waals surface area contributed by atoms with Crippen molar-refractivity contribution >= 4 is 38.3 Å². The van der Waals surface area contributed by atoms with E-state index in [1.54, 1.807) is 42.5 Å². The fourth-order valence-corrected chi connectivity index (χ4v) is 3.78.